The summed E-state index contributed by atoms with van der Waals surface area (Å²) in [5, 5.41) is 0. The minimum Gasteiger partial charge on any atom is -0.341 e. The van der Waals surface area contributed by atoms with Crippen molar-refractivity contribution in [1.29, 1.82) is 0 Å². The van der Waals surface area contributed by atoms with E-state index in [1.165, 1.54) is 24.8 Å². The fraction of sp³-hybridized carbons (Fsp3) is 0.542. The summed E-state index contributed by atoms with van der Waals surface area (Å²) in [7, 11) is 0. The third-order valence-electron chi connectivity index (χ3n) is 6.36. The lowest BCUT2D eigenvalue weighted by Crippen LogP contribution is -2.39. The zero-order valence-electron chi connectivity index (χ0n) is 17.7. The summed E-state index contributed by atoms with van der Waals surface area (Å²) in [6, 6.07) is 8.39. The SMILES string of the molecule is CCc1ccc(N(CC)C(=O)C2CCc3nc(N4CCCCC4)ncc3C2)cc1. The summed E-state index contributed by atoms with van der Waals surface area (Å²) in [5.74, 6) is 1.11. The zero-order valence-corrected chi connectivity index (χ0v) is 17.7. The molecule has 2 aromatic rings. The van der Waals surface area contributed by atoms with Crippen molar-refractivity contribution < 1.29 is 4.79 Å². The Morgan fingerprint density at radius 1 is 1.14 bits per heavy atom. The van der Waals surface area contributed by atoms with E-state index in [9.17, 15) is 4.79 Å². The lowest BCUT2D eigenvalue weighted by atomic mass is 9.86. The molecule has 2 heterocycles. The highest BCUT2D eigenvalue weighted by atomic mass is 16.2. The average molecular weight is 393 g/mol. The number of aromatic nitrogens is 2. The van der Waals surface area contributed by atoms with Gasteiger partial charge in [-0.25, -0.2) is 9.97 Å². The van der Waals surface area contributed by atoms with Gasteiger partial charge in [-0.3, -0.25) is 4.79 Å². The zero-order chi connectivity index (χ0) is 20.2. The van der Waals surface area contributed by atoms with Crippen LogP contribution in [0, 0.1) is 5.92 Å². The van der Waals surface area contributed by atoms with Gasteiger partial charge in [0, 0.05) is 43.1 Å². The Morgan fingerprint density at radius 2 is 1.90 bits per heavy atom. The van der Waals surface area contributed by atoms with Crippen molar-refractivity contribution in [2.75, 3.05) is 29.4 Å². The molecule has 1 aromatic heterocycles. The molecule has 4 rings (SSSR count). The van der Waals surface area contributed by atoms with Crippen molar-refractivity contribution in [3.8, 4) is 0 Å². The molecule has 2 aliphatic rings. The van der Waals surface area contributed by atoms with E-state index in [-0.39, 0.29) is 11.8 Å². The molecule has 5 heteroatoms. The van der Waals surface area contributed by atoms with Crippen molar-refractivity contribution in [2.45, 2.75) is 58.8 Å². The largest absolute Gasteiger partial charge is 0.341 e. The molecule has 0 N–H and O–H groups in total. The number of hydrogen-bond donors (Lipinski definition) is 0. The van der Waals surface area contributed by atoms with E-state index >= 15 is 0 Å². The van der Waals surface area contributed by atoms with E-state index < -0.39 is 0 Å². The lowest BCUT2D eigenvalue weighted by Gasteiger charge is -2.31. The Bertz CT molecular complexity index is 842. The Labute approximate surface area is 174 Å². The van der Waals surface area contributed by atoms with Crippen LogP contribution in [0.15, 0.2) is 30.5 Å². The molecule has 1 amide bonds. The number of carbonyl (C=O) groups is 1. The predicted octanol–water partition coefficient (Wildman–Crippen LogP) is 4.19. The molecule has 0 spiro atoms. The maximum atomic E-state index is 13.3. The van der Waals surface area contributed by atoms with Crippen molar-refractivity contribution in [3.63, 3.8) is 0 Å². The van der Waals surface area contributed by atoms with Crippen LogP contribution < -0.4 is 9.80 Å². The van der Waals surface area contributed by atoms with E-state index in [4.69, 9.17) is 4.98 Å². The van der Waals surface area contributed by atoms with Crippen LogP contribution in [0.5, 0.6) is 0 Å². The molecule has 154 valence electrons. The molecular formula is C24H32N4O. The van der Waals surface area contributed by atoms with Crippen molar-refractivity contribution in [3.05, 3.63) is 47.3 Å². The van der Waals surface area contributed by atoms with Crippen molar-refractivity contribution in [1.82, 2.24) is 9.97 Å². The number of aryl methyl sites for hydroxylation is 2. The van der Waals surface area contributed by atoms with Gasteiger partial charge in [0.05, 0.1) is 0 Å². The quantitative estimate of drug-likeness (QED) is 0.766. The number of fused-ring (bicyclic) bond motifs is 1. The van der Waals surface area contributed by atoms with Crippen molar-refractivity contribution >= 4 is 17.5 Å². The molecule has 29 heavy (non-hydrogen) atoms. The Morgan fingerprint density at radius 3 is 2.59 bits per heavy atom. The second kappa shape index (κ2) is 8.93. The number of hydrogen-bond acceptors (Lipinski definition) is 4. The number of nitrogens with zero attached hydrogens (tertiary/aromatic N) is 4. The topological polar surface area (TPSA) is 49.3 Å². The van der Waals surface area contributed by atoms with E-state index in [2.05, 4.69) is 48.0 Å². The maximum absolute atomic E-state index is 13.3. The van der Waals surface area contributed by atoms with Gasteiger partial charge in [-0.15, -0.1) is 0 Å². The van der Waals surface area contributed by atoms with E-state index in [0.29, 0.717) is 6.54 Å². The van der Waals surface area contributed by atoms with Crippen LogP contribution in [-0.4, -0.2) is 35.5 Å². The van der Waals surface area contributed by atoms with Crippen LogP contribution in [0.1, 0.15) is 56.4 Å². The van der Waals surface area contributed by atoms with Gasteiger partial charge in [-0.1, -0.05) is 19.1 Å². The monoisotopic (exact) mass is 392 g/mol. The van der Waals surface area contributed by atoms with Crippen LogP contribution in [-0.2, 0) is 24.1 Å². The number of rotatable bonds is 5. The highest BCUT2D eigenvalue weighted by Gasteiger charge is 2.30. The van der Waals surface area contributed by atoms with Gasteiger partial charge in [0.1, 0.15) is 0 Å². The number of carbonyl (C=O) groups excluding carboxylic acids is 1. The van der Waals surface area contributed by atoms with Crippen LogP contribution >= 0.6 is 0 Å². The molecule has 1 aliphatic heterocycles. The summed E-state index contributed by atoms with van der Waals surface area (Å²) in [5.41, 5.74) is 4.58. The van der Waals surface area contributed by atoms with Crippen LogP contribution in [0.4, 0.5) is 11.6 Å². The second-order valence-corrected chi connectivity index (χ2v) is 8.23. The first kappa shape index (κ1) is 19.9. The molecule has 0 radical (unpaired) electrons. The number of amides is 1. The Balaban J connectivity index is 1.47. The number of anilines is 2. The first-order valence-electron chi connectivity index (χ1n) is 11.2. The standard InChI is InChI=1S/C24H32N4O/c1-3-18-8-11-21(12-9-18)28(4-2)23(29)19-10-13-22-20(16-19)17-25-24(26-22)27-14-6-5-7-15-27/h8-9,11-12,17,19H,3-7,10,13-16H2,1-2H3. The molecule has 1 saturated heterocycles. The van der Waals surface area contributed by atoms with Crippen LogP contribution in [0.2, 0.25) is 0 Å². The minimum absolute atomic E-state index is 0.0118. The Hall–Kier alpha value is -2.43. The molecular weight excluding hydrogens is 360 g/mol. The van der Waals surface area contributed by atoms with Gasteiger partial charge in [0.25, 0.3) is 0 Å². The highest BCUT2D eigenvalue weighted by molar-refractivity contribution is 5.95. The van der Waals surface area contributed by atoms with Gasteiger partial charge in [0.2, 0.25) is 11.9 Å². The Kier molecular flexibility index (Phi) is 6.12. The fourth-order valence-electron chi connectivity index (χ4n) is 4.55. The highest BCUT2D eigenvalue weighted by Crippen LogP contribution is 2.29. The van der Waals surface area contributed by atoms with E-state index in [1.807, 2.05) is 11.1 Å². The molecule has 1 unspecified atom stereocenters. The van der Waals surface area contributed by atoms with Gasteiger partial charge >= 0.3 is 0 Å². The van der Waals surface area contributed by atoms with E-state index in [1.54, 1.807) is 0 Å². The average Bonchev–Trinajstić information content (AvgIpc) is 2.80. The third-order valence-corrected chi connectivity index (χ3v) is 6.36. The summed E-state index contributed by atoms with van der Waals surface area (Å²) < 4.78 is 0. The first-order chi connectivity index (χ1) is 14.2. The molecule has 1 atom stereocenters. The molecule has 5 nitrogen and oxygen atoms in total. The summed E-state index contributed by atoms with van der Waals surface area (Å²) in [4.78, 5) is 27.0. The fourth-order valence-corrected chi connectivity index (χ4v) is 4.55. The smallest absolute Gasteiger partial charge is 0.230 e. The summed E-state index contributed by atoms with van der Waals surface area (Å²) in [6.07, 6.45) is 9.22. The van der Waals surface area contributed by atoms with Gasteiger partial charge in [0.15, 0.2) is 0 Å². The minimum atomic E-state index is 0.0118. The molecule has 0 bridgehead atoms. The molecule has 1 fully saturated rings. The molecule has 1 aliphatic carbocycles. The number of benzene rings is 1. The predicted molar refractivity (Wildman–Crippen MR) is 117 cm³/mol. The summed E-state index contributed by atoms with van der Waals surface area (Å²) in [6.45, 7) is 7.01. The van der Waals surface area contributed by atoms with Crippen molar-refractivity contribution in [2.24, 2.45) is 5.92 Å². The summed E-state index contributed by atoms with van der Waals surface area (Å²) >= 11 is 0. The van der Waals surface area contributed by atoms with Crippen LogP contribution in [0.25, 0.3) is 0 Å². The van der Waals surface area contributed by atoms with Gasteiger partial charge < -0.3 is 9.80 Å². The van der Waals surface area contributed by atoms with Crippen LogP contribution in [0.3, 0.4) is 0 Å². The van der Waals surface area contributed by atoms with E-state index in [0.717, 1.165) is 61.7 Å². The second-order valence-electron chi connectivity index (χ2n) is 8.23. The maximum Gasteiger partial charge on any atom is 0.230 e. The normalized spacial score (nSPS) is 19.0. The van der Waals surface area contributed by atoms with Gasteiger partial charge in [-0.2, -0.15) is 0 Å². The molecule has 1 aromatic carbocycles. The molecule has 0 saturated carbocycles. The first-order valence-corrected chi connectivity index (χ1v) is 11.2. The lowest BCUT2D eigenvalue weighted by molar-refractivity contribution is -0.122. The third kappa shape index (κ3) is 4.29. The van der Waals surface area contributed by atoms with Gasteiger partial charge in [-0.05, 0) is 75.1 Å². The number of piperidine rings is 1.